The van der Waals surface area contributed by atoms with E-state index in [0.717, 1.165) is 11.1 Å². The standard InChI is InChI=1S/C22H21BrN2O3/c1-25(18-14-24-19(23)13-17(18)22(27)28-2)21(26)20(15-9-5-3-6-10-15)16-11-7-4-8-12-16/h3-14,20-21,26H,1-2H3. The van der Waals surface area contributed by atoms with Gasteiger partial charge in [0.2, 0.25) is 0 Å². The van der Waals surface area contributed by atoms with Gasteiger partial charge in [-0.1, -0.05) is 60.7 Å². The van der Waals surface area contributed by atoms with Crippen molar-refractivity contribution in [2.24, 2.45) is 0 Å². The zero-order valence-corrected chi connectivity index (χ0v) is 17.2. The van der Waals surface area contributed by atoms with Crippen molar-refractivity contribution in [3.8, 4) is 0 Å². The topological polar surface area (TPSA) is 62.7 Å². The summed E-state index contributed by atoms with van der Waals surface area (Å²) in [5.41, 5.74) is 2.75. The van der Waals surface area contributed by atoms with Gasteiger partial charge in [-0.15, -0.1) is 0 Å². The van der Waals surface area contributed by atoms with Crippen LogP contribution in [0, 0.1) is 0 Å². The van der Waals surface area contributed by atoms with Crippen LogP contribution in [0.2, 0.25) is 0 Å². The van der Waals surface area contributed by atoms with E-state index in [9.17, 15) is 9.90 Å². The number of anilines is 1. The van der Waals surface area contributed by atoms with Gasteiger partial charge in [0.15, 0.2) is 0 Å². The first-order chi connectivity index (χ1) is 13.5. The second-order valence-electron chi connectivity index (χ2n) is 6.34. The molecule has 0 saturated heterocycles. The van der Waals surface area contributed by atoms with Crippen LogP contribution in [-0.4, -0.2) is 36.4 Å². The molecule has 0 saturated carbocycles. The lowest BCUT2D eigenvalue weighted by Crippen LogP contribution is -2.38. The molecule has 1 unspecified atom stereocenters. The number of hydrogen-bond donors (Lipinski definition) is 1. The summed E-state index contributed by atoms with van der Waals surface area (Å²) in [6.07, 6.45) is 0.614. The highest BCUT2D eigenvalue weighted by atomic mass is 79.9. The third kappa shape index (κ3) is 4.24. The van der Waals surface area contributed by atoms with E-state index in [4.69, 9.17) is 4.74 Å². The maximum Gasteiger partial charge on any atom is 0.340 e. The van der Waals surface area contributed by atoms with Gasteiger partial charge in [0.1, 0.15) is 10.8 Å². The van der Waals surface area contributed by atoms with Gasteiger partial charge in [0.05, 0.1) is 30.5 Å². The Morgan fingerprint density at radius 1 is 1.07 bits per heavy atom. The lowest BCUT2D eigenvalue weighted by molar-refractivity contribution is 0.0600. The minimum absolute atomic E-state index is 0.318. The van der Waals surface area contributed by atoms with Crippen LogP contribution >= 0.6 is 15.9 Å². The molecule has 1 N–H and O–H groups in total. The number of rotatable bonds is 6. The van der Waals surface area contributed by atoms with E-state index in [1.165, 1.54) is 7.11 Å². The lowest BCUT2D eigenvalue weighted by Gasteiger charge is -2.33. The predicted octanol–water partition coefficient (Wildman–Crippen LogP) is 4.22. The molecule has 0 amide bonds. The molecule has 2 aromatic carbocycles. The first-order valence-corrected chi connectivity index (χ1v) is 9.57. The number of pyridine rings is 1. The zero-order chi connectivity index (χ0) is 20.1. The maximum absolute atomic E-state index is 12.2. The number of esters is 1. The third-order valence-electron chi connectivity index (χ3n) is 4.65. The Bertz CT molecular complexity index is 896. The molecular formula is C22H21BrN2O3. The summed E-state index contributed by atoms with van der Waals surface area (Å²) in [7, 11) is 3.06. The average Bonchev–Trinajstić information content (AvgIpc) is 2.74. The predicted molar refractivity (Wildman–Crippen MR) is 112 cm³/mol. The van der Waals surface area contributed by atoms with E-state index in [1.54, 1.807) is 24.2 Å². The molecule has 0 aliphatic rings. The number of methoxy groups -OCH3 is 1. The largest absolute Gasteiger partial charge is 0.465 e. The van der Waals surface area contributed by atoms with Crippen LogP contribution in [0.1, 0.15) is 27.4 Å². The van der Waals surface area contributed by atoms with Crippen molar-refractivity contribution in [3.63, 3.8) is 0 Å². The monoisotopic (exact) mass is 440 g/mol. The Hall–Kier alpha value is -2.70. The number of aliphatic hydroxyl groups excluding tert-OH is 1. The van der Waals surface area contributed by atoms with Gasteiger partial charge in [-0.3, -0.25) is 0 Å². The molecule has 6 heteroatoms. The fourth-order valence-electron chi connectivity index (χ4n) is 3.20. The van der Waals surface area contributed by atoms with Crippen molar-refractivity contribution in [3.05, 3.63) is 94.2 Å². The molecule has 0 aliphatic carbocycles. The fourth-order valence-corrected chi connectivity index (χ4v) is 3.53. The number of likely N-dealkylation sites (N-methyl/N-ethyl adjacent to an activating group) is 1. The smallest absolute Gasteiger partial charge is 0.340 e. The molecular weight excluding hydrogens is 420 g/mol. The van der Waals surface area contributed by atoms with Crippen LogP contribution in [0.15, 0.2) is 77.5 Å². The van der Waals surface area contributed by atoms with Crippen LogP contribution in [-0.2, 0) is 4.74 Å². The van der Waals surface area contributed by atoms with Crippen molar-refractivity contribution in [1.29, 1.82) is 0 Å². The van der Waals surface area contributed by atoms with E-state index in [-0.39, 0.29) is 5.92 Å². The number of aliphatic hydroxyl groups is 1. The highest BCUT2D eigenvalue weighted by Gasteiger charge is 2.29. The Labute approximate surface area is 172 Å². The van der Waals surface area contributed by atoms with Crippen LogP contribution < -0.4 is 4.90 Å². The van der Waals surface area contributed by atoms with Gasteiger partial charge in [-0.05, 0) is 33.1 Å². The normalized spacial score (nSPS) is 11.9. The second kappa shape index (κ2) is 8.99. The van der Waals surface area contributed by atoms with Crippen molar-refractivity contribution >= 4 is 27.6 Å². The molecule has 0 bridgehead atoms. The van der Waals surface area contributed by atoms with Gasteiger partial charge >= 0.3 is 5.97 Å². The summed E-state index contributed by atoms with van der Waals surface area (Å²) >= 11 is 3.28. The van der Waals surface area contributed by atoms with Crippen molar-refractivity contribution in [1.82, 2.24) is 4.98 Å². The molecule has 3 aromatic rings. The summed E-state index contributed by atoms with van der Waals surface area (Å²) < 4.78 is 5.41. The summed E-state index contributed by atoms with van der Waals surface area (Å²) in [5, 5.41) is 11.3. The Morgan fingerprint density at radius 2 is 1.61 bits per heavy atom. The number of aromatic nitrogens is 1. The quantitative estimate of drug-likeness (QED) is 0.353. The Balaban J connectivity index is 2.05. The summed E-state index contributed by atoms with van der Waals surface area (Å²) in [4.78, 5) is 18.1. The highest BCUT2D eigenvalue weighted by Crippen LogP contribution is 2.33. The van der Waals surface area contributed by atoms with Crippen LogP contribution in [0.3, 0.4) is 0 Å². The van der Waals surface area contributed by atoms with Gasteiger partial charge in [-0.25, -0.2) is 9.78 Å². The number of nitrogens with zero attached hydrogens (tertiary/aromatic N) is 2. The summed E-state index contributed by atoms with van der Waals surface area (Å²) in [5.74, 6) is -0.810. The minimum atomic E-state index is -0.934. The number of carbonyl (C=O) groups is 1. The Morgan fingerprint density at radius 3 is 2.11 bits per heavy atom. The molecule has 0 fully saturated rings. The van der Waals surface area contributed by atoms with E-state index >= 15 is 0 Å². The molecule has 0 radical (unpaired) electrons. The number of benzene rings is 2. The van der Waals surface area contributed by atoms with Crippen LogP contribution in [0.25, 0.3) is 0 Å². The van der Waals surface area contributed by atoms with E-state index in [1.807, 2.05) is 60.7 Å². The number of ether oxygens (including phenoxy) is 1. The first kappa shape index (κ1) is 20.0. The summed E-state index contributed by atoms with van der Waals surface area (Å²) in [6, 6.07) is 21.2. The maximum atomic E-state index is 12.2. The fraction of sp³-hybridized carbons (Fsp3) is 0.182. The Kier molecular flexibility index (Phi) is 6.44. The van der Waals surface area contributed by atoms with Crippen molar-refractivity contribution in [2.45, 2.75) is 12.1 Å². The van der Waals surface area contributed by atoms with Crippen LogP contribution in [0.4, 0.5) is 5.69 Å². The van der Waals surface area contributed by atoms with Crippen molar-refractivity contribution < 1.29 is 14.6 Å². The second-order valence-corrected chi connectivity index (χ2v) is 7.15. The molecule has 1 atom stereocenters. The molecule has 144 valence electrons. The first-order valence-electron chi connectivity index (χ1n) is 8.77. The minimum Gasteiger partial charge on any atom is -0.465 e. The van der Waals surface area contributed by atoms with E-state index < -0.39 is 12.2 Å². The zero-order valence-electron chi connectivity index (χ0n) is 15.6. The van der Waals surface area contributed by atoms with Gasteiger partial charge < -0.3 is 14.7 Å². The van der Waals surface area contributed by atoms with E-state index in [2.05, 4.69) is 20.9 Å². The average molecular weight is 441 g/mol. The molecule has 0 spiro atoms. The number of halogens is 1. The third-order valence-corrected chi connectivity index (χ3v) is 5.08. The summed E-state index contributed by atoms with van der Waals surface area (Å²) in [6.45, 7) is 0. The van der Waals surface area contributed by atoms with Gasteiger partial charge in [0, 0.05) is 7.05 Å². The molecule has 28 heavy (non-hydrogen) atoms. The van der Waals surface area contributed by atoms with E-state index in [0.29, 0.717) is 15.9 Å². The molecule has 3 rings (SSSR count). The SMILES string of the molecule is COC(=O)c1cc(Br)ncc1N(C)C(O)C(c1ccccc1)c1ccccc1. The molecule has 5 nitrogen and oxygen atoms in total. The highest BCUT2D eigenvalue weighted by molar-refractivity contribution is 9.10. The van der Waals surface area contributed by atoms with Crippen LogP contribution in [0.5, 0.6) is 0 Å². The van der Waals surface area contributed by atoms with Gasteiger partial charge in [0.25, 0.3) is 0 Å². The number of carbonyl (C=O) groups excluding carboxylic acids is 1. The van der Waals surface area contributed by atoms with Crippen molar-refractivity contribution in [2.75, 3.05) is 19.1 Å². The lowest BCUT2D eigenvalue weighted by atomic mass is 9.89. The molecule has 1 heterocycles. The molecule has 0 aliphatic heterocycles. The van der Waals surface area contributed by atoms with Gasteiger partial charge in [-0.2, -0.15) is 0 Å². The number of hydrogen-bond acceptors (Lipinski definition) is 5. The molecule has 1 aromatic heterocycles.